The number of carbonyl (C=O) groups excluding carboxylic acids is 1. The highest BCUT2D eigenvalue weighted by Crippen LogP contribution is 2.18. The first-order valence-electron chi connectivity index (χ1n) is 9.72. The van der Waals surface area contributed by atoms with Gasteiger partial charge in [-0.1, -0.05) is 19.3 Å². The summed E-state index contributed by atoms with van der Waals surface area (Å²) in [5, 5.41) is 28.1. The highest BCUT2D eigenvalue weighted by atomic mass is 16.5. The minimum Gasteiger partial charge on any atom is -0.491 e. The van der Waals surface area contributed by atoms with E-state index in [1.54, 1.807) is 24.3 Å². The van der Waals surface area contributed by atoms with Crippen LogP contribution in [-0.2, 0) is 0 Å². The van der Waals surface area contributed by atoms with Crippen molar-refractivity contribution in [1.82, 2.24) is 10.6 Å². The van der Waals surface area contributed by atoms with Gasteiger partial charge in [0.1, 0.15) is 18.5 Å². The number of carbonyl (C=O) groups is 1. The molecule has 1 saturated carbocycles. The molecule has 1 aromatic rings. The fraction of sp³-hybridized carbons (Fsp3) is 0.650. The Balaban J connectivity index is 1.70. The summed E-state index contributed by atoms with van der Waals surface area (Å²) in [7, 11) is 0. The second kappa shape index (κ2) is 10.5. The molecule has 2 rings (SSSR count). The van der Waals surface area contributed by atoms with Crippen molar-refractivity contribution in [3.63, 3.8) is 0 Å². The first-order valence-corrected chi connectivity index (χ1v) is 9.72. The molecule has 5 N–H and O–H groups in total. The van der Waals surface area contributed by atoms with Gasteiger partial charge in [0, 0.05) is 23.8 Å². The van der Waals surface area contributed by atoms with Crippen molar-refractivity contribution < 1.29 is 19.7 Å². The molecule has 0 unspecified atom stereocenters. The van der Waals surface area contributed by atoms with Gasteiger partial charge >= 0.3 is 6.03 Å². The standard InChI is InChI=1S/C20H33N3O4/c1-20(2,14-24)21-12-17(25)13-27-18-10-8-16(9-11-18)23-19(26)22-15-6-4-3-5-7-15/h8-11,15,17,21,24-25H,3-7,12-14H2,1-2H3,(H2,22,23,26)/t17-/m1/s1. The molecule has 0 aromatic heterocycles. The van der Waals surface area contributed by atoms with Crippen molar-refractivity contribution in [2.45, 2.75) is 63.6 Å². The third-order valence-corrected chi connectivity index (χ3v) is 4.71. The van der Waals surface area contributed by atoms with Gasteiger partial charge in [-0.2, -0.15) is 0 Å². The van der Waals surface area contributed by atoms with Crippen molar-refractivity contribution in [2.75, 3.05) is 25.1 Å². The largest absolute Gasteiger partial charge is 0.491 e. The molecule has 7 heteroatoms. The van der Waals surface area contributed by atoms with E-state index in [9.17, 15) is 15.0 Å². The summed E-state index contributed by atoms with van der Waals surface area (Å²) in [6.07, 6.45) is 5.02. The SMILES string of the molecule is CC(C)(CO)NC[C@@H](O)COc1ccc(NC(=O)NC2CCCCC2)cc1. The number of rotatable bonds is 9. The predicted molar refractivity (Wildman–Crippen MR) is 106 cm³/mol. The van der Waals surface area contributed by atoms with Crippen LogP contribution in [-0.4, -0.2) is 53.7 Å². The molecule has 1 aromatic carbocycles. The van der Waals surface area contributed by atoms with Crippen molar-refractivity contribution in [3.8, 4) is 5.75 Å². The fourth-order valence-corrected chi connectivity index (χ4v) is 2.94. The van der Waals surface area contributed by atoms with Crippen molar-refractivity contribution in [1.29, 1.82) is 0 Å². The predicted octanol–water partition coefficient (Wildman–Crippen LogP) is 2.24. The monoisotopic (exact) mass is 379 g/mol. The lowest BCUT2D eigenvalue weighted by Crippen LogP contribution is -2.47. The number of benzene rings is 1. The Labute approximate surface area is 161 Å². The van der Waals surface area contributed by atoms with Crippen LogP contribution in [0.4, 0.5) is 10.5 Å². The number of amides is 2. The van der Waals surface area contributed by atoms with E-state index >= 15 is 0 Å². The molecule has 1 aliphatic rings. The van der Waals surface area contributed by atoms with Crippen LogP contribution in [0.15, 0.2) is 24.3 Å². The van der Waals surface area contributed by atoms with Crippen LogP contribution in [0.25, 0.3) is 0 Å². The second-order valence-corrected chi connectivity index (χ2v) is 7.85. The highest BCUT2D eigenvalue weighted by molar-refractivity contribution is 5.89. The zero-order chi connectivity index (χ0) is 19.7. The van der Waals surface area contributed by atoms with E-state index in [1.165, 1.54) is 19.3 Å². The third kappa shape index (κ3) is 8.15. The number of hydrogen-bond acceptors (Lipinski definition) is 5. The smallest absolute Gasteiger partial charge is 0.319 e. The van der Waals surface area contributed by atoms with Gasteiger partial charge in [-0.05, 0) is 51.0 Å². The summed E-state index contributed by atoms with van der Waals surface area (Å²) in [5.41, 5.74) is 0.259. The Morgan fingerprint density at radius 2 is 1.89 bits per heavy atom. The second-order valence-electron chi connectivity index (χ2n) is 7.85. The van der Waals surface area contributed by atoms with E-state index < -0.39 is 11.6 Å². The Hall–Kier alpha value is -1.83. The van der Waals surface area contributed by atoms with Gasteiger partial charge in [0.2, 0.25) is 0 Å². The van der Waals surface area contributed by atoms with Crippen LogP contribution in [0, 0.1) is 0 Å². The third-order valence-electron chi connectivity index (χ3n) is 4.71. The molecule has 0 saturated heterocycles. The molecule has 0 bridgehead atoms. The summed E-state index contributed by atoms with van der Waals surface area (Å²) < 4.78 is 5.57. The number of nitrogens with one attached hydrogen (secondary N) is 3. The molecular formula is C20H33N3O4. The van der Waals surface area contributed by atoms with Crippen LogP contribution < -0.4 is 20.7 Å². The van der Waals surface area contributed by atoms with Crippen LogP contribution in [0.5, 0.6) is 5.75 Å². The number of ether oxygens (including phenoxy) is 1. The maximum Gasteiger partial charge on any atom is 0.319 e. The van der Waals surface area contributed by atoms with E-state index in [4.69, 9.17) is 4.74 Å². The lowest BCUT2D eigenvalue weighted by molar-refractivity contribution is 0.0907. The molecule has 1 atom stereocenters. The molecule has 152 valence electrons. The zero-order valence-corrected chi connectivity index (χ0v) is 16.3. The van der Waals surface area contributed by atoms with Gasteiger partial charge < -0.3 is 30.9 Å². The van der Waals surface area contributed by atoms with Crippen molar-refractivity contribution in [2.24, 2.45) is 0 Å². The van der Waals surface area contributed by atoms with Crippen molar-refractivity contribution >= 4 is 11.7 Å². The molecule has 1 aliphatic carbocycles. The van der Waals surface area contributed by atoms with E-state index in [0.717, 1.165) is 12.8 Å². The van der Waals surface area contributed by atoms with Gasteiger partial charge in [-0.3, -0.25) is 0 Å². The first kappa shape index (κ1) is 21.5. The average Bonchev–Trinajstić information content (AvgIpc) is 2.66. The number of urea groups is 1. The topological polar surface area (TPSA) is 103 Å². The van der Waals surface area contributed by atoms with Crippen LogP contribution in [0.1, 0.15) is 46.0 Å². The molecule has 7 nitrogen and oxygen atoms in total. The highest BCUT2D eigenvalue weighted by Gasteiger charge is 2.17. The molecule has 0 heterocycles. The molecule has 0 aliphatic heterocycles. The van der Waals surface area contributed by atoms with Gasteiger partial charge in [-0.25, -0.2) is 4.79 Å². The average molecular weight is 380 g/mol. The lowest BCUT2D eigenvalue weighted by atomic mass is 9.96. The number of β-amino-alcohol motifs (C(OH)–C–C–N with tert-alkyl or cyclic N) is 1. The minimum atomic E-state index is -0.685. The van der Waals surface area contributed by atoms with Crippen LogP contribution in [0.2, 0.25) is 0 Å². The van der Waals surface area contributed by atoms with Gasteiger partial charge in [0.15, 0.2) is 0 Å². The summed E-state index contributed by atoms with van der Waals surface area (Å²) in [5.74, 6) is 0.619. The summed E-state index contributed by atoms with van der Waals surface area (Å²) in [6, 6.07) is 7.16. The number of aliphatic hydroxyl groups excluding tert-OH is 2. The summed E-state index contributed by atoms with van der Waals surface area (Å²) in [6.45, 7) is 4.18. The Kier molecular flexibility index (Phi) is 8.34. The van der Waals surface area contributed by atoms with E-state index in [1.807, 2.05) is 13.8 Å². The van der Waals surface area contributed by atoms with E-state index in [-0.39, 0.29) is 25.3 Å². The Morgan fingerprint density at radius 1 is 1.22 bits per heavy atom. The van der Waals surface area contributed by atoms with Crippen molar-refractivity contribution in [3.05, 3.63) is 24.3 Å². The Morgan fingerprint density at radius 3 is 2.52 bits per heavy atom. The fourth-order valence-electron chi connectivity index (χ4n) is 2.94. The Bertz CT molecular complexity index is 571. The van der Waals surface area contributed by atoms with Crippen LogP contribution in [0.3, 0.4) is 0 Å². The lowest BCUT2D eigenvalue weighted by Gasteiger charge is -2.25. The van der Waals surface area contributed by atoms with E-state index in [0.29, 0.717) is 18.0 Å². The van der Waals surface area contributed by atoms with Gasteiger partial charge in [-0.15, -0.1) is 0 Å². The molecule has 2 amide bonds. The zero-order valence-electron chi connectivity index (χ0n) is 16.3. The quantitative estimate of drug-likeness (QED) is 0.453. The maximum absolute atomic E-state index is 12.0. The first-order chi connectivity index (χ1) is 12.9. The number of anilines is 1. The molecule has 0 spiro atoms. The van der Waals surface area contributed by atoms with Crippen LogP contribution >= 0.6 is 0 Å². The number of hydrogen-bond donors (Lipinski definition) is 5. The molecule has 1 fully saturated rings. The summed E-state index contributed by atoms with van der Waals surface area (Å²) in [4.78, 5) is 12.0. The van der Waals surface area contributed by atoms with Gasteiger partial charge in [0.25, 0.3) is 0 Å². The molecular weight excluding hydrogens is 346 g/mol. The number of aliphatic hydroxyl groups is 2. The van der Waals surface area contributed by atoms with Gasteiger partial charge in [0.05, 0.1) is 6.61 Å². The van der Waals surface area contributed by atoms with E-state index in [2.05, 4.69) is 16.0 Å². The maximum atomic E-state index is 12.0. The minimum absolute atomic E-state index is 0.0106. The molecule has 0 radical (unpaired) electrons. The normalized spacial score (nSPS) is 16.6. The summed E-state index contributed by atoms with van der Waals surface area (Å²) >= 11 is 0. The molecule has 27 heavy (non-hydrogen) atoms.